The third-order valence-corrected chi connectivity index (χ3v) is 8.03. The van der Waals surface area contributed by atoms with Crippen molar-refractivity contribution < 1.29 is 22.0 Å². The highest BCUT2D eigenvalue weighted by molar-refractivity contribution is 7.85. The zero-order chi connectivity index (χ0) is 26.9. The molecule has 0 radical (unpaired) electrons. The van der Waals surface area contributed by atoms with Gasteiger partial charge in [0, 0.05) is 35.1 Å². The molecule has 0 saturated carbocycles. The van der Waals surface area contributed by atoms with Crippen LogP contribution in [0.3, 0.4) is 0 Å². The molecule has 6 nitrogen and oxygen atoms in total. The Morgan fingerprint density at radius 3 is 2.76 bits per heavy atom. The number of para-hydroxylation sites is 1. The molecule has 2 aromatic carbocycles. The van der Waals surface area contributed by atoms with Crippen LogP contribution < -0.4 is 5.63 Å². The van der Waals surface area contributed by atoms with E-state index in [1.165, 1.54) is 0 Å². The topological polar surface area (TPSA) is 87.6 Å². The Hall–Kier alpha value is -3.73. The predicted octanol–water partition coefficient (Wildman–Crippen LogP) is 5.40. The van der Waals surface area contributed by atoms with Gasteiger partial charge in [0.2, 0.25) is 5.69 Å². The zero-order valence-electron chi connectivity index (χ0n) is 21.5. The second-order valence-corrected chi connectivity index (χ2v) is 11.8. The maximum atomic E-state index is 12.9. The third-order valence-electron chi connectivity index (χ3n) is 7.23. The van der Waals surface area contributed by atoms with E-state index >= 15 is 0 Å². The van der Waals surface area contributed by atoms with Gasteiger partial charge in [-0.25, -0.2) is 4.79 Å². The molecule has 1 N–H and O–H groups in total. The summed E-state index contributed by atoms with van der Waals surface area (Å²) in [6, 6.07) is 13.9. The van der Waals surface area contributed by atoms with Crippen LogP contribution in [0.25, 0.3) is 17.0 Å². The fraction of sp³-hybridized carbons (Fsp3) is 0.290. The quantitative estimate of drug-likeness (QED) is 0.146. The number of aryl methyl sites for hydroxylation is 1. The molecule has 7 heteroatoms. The first-order chi connectivity index (χ1) is 18.1. The van der Waals surface area contributed by atoms with E-state index in [0.29, 0.717) is 30.5 Å². The van der Waals surface area contributed by atoms with Gasteiger partial charge >= 0.3 is 5.63 Å². The Labute approximate surface area is 222 Å². The van der Waals surface area contributed by atoms with Crippen molar-refractivity contribution >= 4 is 38.6 Å². The van der Waals surface area contributed by atoms with Crippen molar-refractivity contribution in [3.8, 4) is 11.8 Å². The Morgan fingerprint density at radius 1 is 1.13 bits per heavy atom. The number of allylic oxidation sites excluding steroid dienone is 3. The SMILES string of the molecule is CC1(C)C(/C=C/c2cc3cc4c(cc3oc2=O)C#C/C=C\CC4)=[N+](CCCCS(=O)(=O)O)c2ccccc21. The number of hydrogen-bond acceptors (Lipinski definition) is 4. The molecule has 2 aliphatic rings. The predicted molar refractivity (Wildman–Crippen MR) is 151 cm³/mol. The molecule has 1 aromatic heterocycles. The maximum Gasteiger partial charge on any atom is 0.343 e. The van der Waals surface area contributed by atoms with E-state index in [1.807, 2.05) is 36.4 Å². The van der Waals surface area contributed by atoms with Crippen LogP contribution in [-0.4, -0.2) is 35.6 Å². The first-order valence-corrected chi connectivity index (χ1v) is 14.4. The van der Waals surface area contributed by atoms with Crippen molar-refractivity contribution in [2.75, 3.05) is 12.3 Å². The standard InChI is InChI=1S/C31H29NO5S/c1-31(2)26-13-7-8-14-27(26)32(17-9-10-18-38(34,35)36)29(31)16-15-24-20-25-19-22-11-5-3-4-6-12-23(22)21-28(25)37-30(24)33/h3-4,7-8,13-16,19-21H,5,9-11,17-18H2,1-2H3/p+1/b4-3-,16-15+. The summed E-state index contributed by atoms with van der Waals surface area (Å²) in [5.41, 5.74) is 5.49. The molecular weight excluding hydrogens is 498 g/mol. The fourth-order valence-corrected chi connectivity index (χ4v) is 5.84. The van der Waals surface area contributed by atoms with Crippen LogP contribution >= 0.6 is 0 Å². The highest BCUT2D eigenvalue weighted by Gasteiger charge is 2.43. The molecule has 38 heavy (non-hydrogen) atoms. The van der Waals surface area contributed by atoms with Gasteiger partial charge in [-0.15, -0.1) is 0 Å². The van der Waals surface area contributed by atoms with Gasteiger partial charge in [0.05, 0.1) is 16.7 Å². The third kappa shape index (κ3) is 5.28. The van der Waals surface area contributed by atoms with Crippen LogP contribution in [0.1, 0.15) is 55.4 Å². The summed E-state index contributed by atoms with van der Waals surface area (Å²) >= 11 is 0. The van der Waals surface area contributed by atoms with Gasteiger partial charge < -0.3 is 4.42 Å². The summed E-state index contributed by atoms with van der Waals surface area (Å²) < 4.78 is 39.3. The second kappa shape index (κ2) is 10.2. The molecule has 0 unspecified atom stereocenters. The van der Waals surface area contributed by atoms with E-state index < -0.39 is 15.7 Å². The van der Waals surface area contributed by atoms with E-state index in [1.54, 1.807) is 6.08 Å². The molecule has 0 fully saturated rings. The number of benzene rings is 2. The molecule has 3 aromatic rings. The lowest BCUT2D eigenvalue weighted by atomic mass is 9.81. The van der Waals surface area contributed by atoms with Gasteiger partial charge in [-0.1, -0.05) is 36.1 Å². The number of fused-ring (bicyclic) bond motifs is 3. The van der Waals surface area contributed by atoms with Gasteiger partial charge in [0.25, 0.3) is 10.1 Å². The van der Waals surface area contributed by atoms with Crippen LogP contribution in [0.5, 0.6) is 0 Å². The average Bonchev–Trinajstić information content (AvgIpc) is 3.06. The summed E-state index contributed by atoms with van der Waals surface area (Å²) in [5.74, 6) is 5.89. The van der Waals surface area contributed by atoms with E-state index in [0.717, 1.165) is 46.3 Å². The normalized spacial score (nSPS) is 17.0. The van der Waals surface area contributed by atoms with Crippen molar-refractivity contribution in [3.05, 3.63) is 93.4 Å². The van der Waals surface area contributed by atoms with Gasteiger partial charge in [-0.3, -0.25) is 4.55 Å². The molecule has 0 bridgehead atoms. The minimum absolute atomic E-state index is 0.263. The zero-order valence-corrected chi connectivity index (χ0v) is 22.3. The van der Waals surface area contributed by atoms with E-state index in [9.17, 15) is 13.2 Å². The van der Waals surface area contributed by atoms with Crippen LogP contribution in [-0.2, 0) is 22.0 Å². The summed E-state index contributed by atoms with van der Waals surface area (Å²) in [7, 11) is -3.99. The highest BCUT2D eigenvalue weighted by atomic mass is 32.2. The Bertz CT molecular complexity index is 1740. The van der Waals surface area contributed by atoms with Crippen LogP contribution in [0.15, 0.2) is 69.9 Å². The first-order valence-electron chi connectivity index (χ1n) is 12.8. The van der Waals surface area contributed by atoms with Gasteiger partial charge in [0.1, 0.15) is 12.1 Å². The lowest BCUT2D eigenvalue weighted by Crippen LogP contribution is -2.28. The highest BCUT2D eigenvalue weighted by Crippen LogP contribution is 2.40. The lowest BCUT2D eigenvalue weighted by Gasteiger charge is -2.15. The average molecular weight is 529 g/mol. The Kier molecular flexibility index (Phi) is 6.95. The number of nitrogens with zero attached hydrogens (tertiary/aromatic N) is 1. The van der Waals surface area contributed by atoms with E-state index in [4.69, 9.17) is 8.97 Å². The van der Waals surface area contributed by atoms with Gasteiger partial charge in [-0.2, -0.15) is 13.0 Å². The van der Waals surface area contributed by atoms with Crippen molar-refractivity contribution in [1.82, 2.24) is 0 Å². The Balaban J connectivity index is 1.52. The second-order valence-electron chi connectivity index (χ2n) is 10.3. The fourth-order valence-electron chi connectivity index (χ4n) is 5.27. The first kappa shape index (κ1) is 25.9. The molecule has 0 amide bonds. The molecule has 1 aliphatic carbocycles. The van der Waals surface area contributed by atoms with Crippen molar-refractivity contribution in [1.29, 1.82) is 0 Å². The number of unbranched alkanes of at least 4 members (excludes halogenated alkanes) is 1. The smallest absolute Gasteiger partial charge is 0.343 e. The summed E-state index contributed by atoms with van der Waals surface area (Å²) in [5, 5.41) is 0.857. The molecule has 0 saturated heterocycles. The number of rotatable bonds is 7. The molecular formula is C31H30NO5S+. The van der Waals surface area contributed by atoms with Gasteiger partial charge in [0.15, 0.2) is 5.71 Å². The summed E-state index contributed by atoms with van der Waals surface area (Å²) in [6.45, 7) is 4.86. The number of hydrogen-bond donors (Lipinski definition) is 1. The maximum absolute atomic E-state index is 12.9. The monoisotopic (exact) mass is 528 g/mol. The van der Waals surface area contributed by atoms with Gasteiger partial charge in [-0.05, 0) is 69.0 Å². The van der Waals surface area contributed by atoms with Crippen molar-refractivity contribution in [2.24, 2.45) is 0 Å². The minimum atomic E-state index is -3.99. The van der Waals surface area contributed by atoms with E-state index in [-0.39, 0.29) is 11.2 Å². The van der Waals surface area contributed by atoms with Crippen molar-refractivity contribution in [3.63, 3.8) is 0 Å². The largest absolute Gasteiger partial charge is 0.422 e. The van der Waals surface area contributed by atoms with E-state index in [2.05, 4.69) is 54.5 Å². The van der Waals surface area contributed by atoms with Crippen LogP contribution in [0, 0.1) is 11.8 Å². The summed E-state index contributed by atoms with van der Waals surface area (Å²) in [4.78, 5) is 12.9. The molecule has 194 valence electrons. The molecule has 5 rings (SSSR count). The minimum Gasteiger partial charge on any atom is -0.422 e. The molecule has 2 heterocycles. The molecule has 1 aliphatic heterocycles. The van der Waals surface area contributed by atoms with Crippen molar-refractivity contribution in [2.45, 2.75) is 44.9 Å². The van der Waals surface area contributed by atoms with Crippen LogP contribution in [0.4, 0.5) is 5.69 Å². The molecule has 0 spiro atoms. The summed E-state index contributed by atoms with van der Waals surface area (Å²) in [6.07, 6.45) is 10.4. The van der Waals surface area contributed by atoms with Crippen LogP contribution in [0.2, 0.25) is 0 Å². The Morgan fingerprint density at radius 2 is 1.95 bits per heavy atom. The molecule has 0 atom stereocenters. The lowest BCUT2D eigenvalue weighted by molar-refractivity contribution is -0.438.